The van der Waals surface area contributed by atoms with Crippen molar-refractivity contribution < 1.29 is 13.3 Å². The number of benzene rings is 1. The van der Waals surface area contributed by atoms with Crippen LogP contribution in [0.25, 0.3) is 0 Å². The van der Waals surface area contributed by atoms with Gasteiger partial charge in [0.15, 0.2) is 0 Å². The molecule has 0 atom stereocenters. The molecule has 2 N–H and O–H groups in total. The van der Waals surface area contributed by atoms with Gasteiger partial charge in [0.1, 0.15) is 0 Å². The quantitative estimate of drug-likeness (QED) is 0.782. The summed E-state index contributed by atoms with van der Waals surface area (Å²) in [5, 5.41) is 0. The Morgan fingerprint density at radius 3 is 2.75 bits per heavy atom. The highest BCUT2D eigenvalue weighted by molar-refractivity contribution is 7.89. The van der Waals surface area contributed by atoms with Crippen LogP contribution in [0.15, 0.2) is 23.1 Å². The zero-order valence-corrected chi connectivity index (χ0v) is 9.83. The highest BCUT2D eigenvalue weighted by Gasteiger charge is 2.29. The molecule has 1 saturated heterocycles. The molecule has 1 fully saturated rings. The van der Waals surface area contributed by atoms with Crippen molar-refractivity contribution in [3.8, 4) is 0 Å². The number of nitrogens with zero attached hydrogens (tertiary/aromatic N) is 1. The van der Waals surface area contributed by atoms with E-state index in [0.29, 0.717) is 24.4 Å². The van der Waals surface area contributed by atoms with Gasteiger partial charge in [-0.3, -0.25) is 4.84 Å². The van der Waals surface area contributed by atoms with Gasteiger partial charge in [0.05, 0.1) is 11.5 Å². The molecule has 16 heavy (non-hydrogen) atoms. The molecule has 88 valence electrons. The number of hydrogen-bond acceptors (Lipinski definition) is 4. The van der Waals surface area contributed by atoms with Crippen LogP contribution >= 0.6 is 0 Å². The van der Waals surface area contributed by atoms with Crippen molar-refractivity contribution in [3.63, 3.8) is 0 Å². The predicted molar refractivity (Wildman–Crippen MR) is 60.1 cm³/mol. The van der Waals surface area contributed by atoms with Gasteiger partial charge >= 0.3 is 0 Å². The lowest BCUT2D eigenvalue weighted by molar-refractivity contribution is -0.0284. The minimum Gasteiger partial charge on any atom is -0.399 e. The Hall–Kier alpha value is -1.11. The summed E-state index contributed by atoms with van der Waals surface area (Å²) in [6.07, 6.45) is 0.729. The molecule has 0 spiro atoms. The number of nitrogens with two attached hydrogens (primary N) is 1. The number of sulfonamides is 1. The number of anilines is 1. The summed E-state index contributed by atoms with van der Waals surface area (Å²) < 4.78 is 25.3. The summed E-state index contributed by atoms with van der Waals surface area (Å²) in [5.41, 5.74) is 6.77. The van der Waals surface area contributed by atoms with Gasteiger partial charge in [0.25, 0.3) is 10.0 Å². The minimum atomic E-state index is -3.53. The first-order valence-corrected chi connectivity index (χ1v) is 6.47. The first-order valence-electron chi connectivity index (χ1n) is 5.03. The normalized spacial score (nSPS) is 17.8. The lowest BCUT2D eigenvalue weighted by Gasteiger charge is -2.15. The Balaban J connectivity index is 2.42. The fourth-order valence-electron chi connectivity index (χ4n) is 1.69. The van der Waals surface area contributed by atoms with Crippen LogP contribution < -0.4 is 5.73 Å². The standard InChI is InChI=1S/C10H14N2O3S/c1-8-7-9(11)3-4-10(8)16(13,14)12-5-2-6-15-12/h3-4,7H,2,5-6,11H2,1H3. The van der Waals surface area contributed by atoms with Crippen LogP contribution in [0, 0.1) is 6.92 Å². The molecule has 0 saturated carbocycles. The van der Waals surface area contributed by atoms with Crippen molar-refractivity contribution in [3.05, 3.63) is 23.8 Å². The van der Waals surface area contributed by atoms with Gasteiger partial charge in [-0.2, -0.15) is 0 Å². The summed E-state index contributed by atoms with van der Waals surface area (Å²) in [6.45, 7) is 2.58. The molecule has 1 aromatic rings. The maximum atomic E-state index is 12.1. The van der Waals surface area contributed by atoms with E-state index < -0.39 is 10.0 Å². The Morgan fingerprint density at radius 2 is 2.19 bits per heavy atom. The lowest BCUT2D eigenvalue weighted by atomic mass is 10.2. The van der Waals surface area contributed by atoms with E-state index in [1.807, 2.05) is 0 Å². The van der Waals surface area contributed by atoms with E-state index in [2.05, 4.69) is 0 Å². The highest BCUT2D eigenvalue weighted by Crippen LogP contribution is 2.24. The van der Waals surface area contributed by atoms with Gasteiger partial charge in [-0.1, -0.05) is 4.47 Å². The fourth-order valence-corrected chi connectivity index (χ4v) is 3.19. The van der Waals surface area contributed by atoms with Crippen molar-refractivity contribution in [1.29, 1.82) is 0 Å². The Kier molecular flexibility index (Phi) is 2.88. The third-order valence-corrected chi connectivity index (χ3v) is 4.30. The van der Waals surface area contributed by atoms with Crippen LogP contribution in [0.1, 0.15) is 12.0 Å². The van der Waals surface area contributed by atoms with E-state index >= 15 is 0 Å². The molecule has 1 heterocycles. The number of nitrogen functional groups attached to an aromatic ring is 1. The zero-order valence-electron chi connectivity index (χ0n) is 9.01. The number of rotatable bonds is 2. The molecule has 1 aliphatic heterocycles. The van der Waals surface area contributed by atoms with E-state index in [1.54, 1.807) is 19.1 Å². The van der Waals surface area contributed by atoms with Crippen molar-refractivity contribution in [2.24, 2.45) is 0 Å². The number of aryl methyl sites for hydroxylation is 1. The van der Waals surface area contributed by atoms with Crippen LogP contribution in [-0.4, -0.2) is 26.0 Å². The highest BCUT2D eigenvalue weighted by atomic mass is 32.2. The van der Waals surface area contributed by atoms with Crippen LogP contribution in [0.5, 0.6) is 0 Å². The molecule has 6 heteroatoms. The molecule has 0 unspecified atom stereocenters. The fraction of sp³-hybridized carbons (Fsp3) is 0.400. The molecule has 5 nitrogen and oxygen atoms in total. The SMILES string of the molecule is Cc1cc(N)ccc1S(=O)(=O)N1CCCO1. The van der Waals surface area contributed by atoms with Crippen molar-refractivity contribution in [1.82, 2.24) is 4.47 Å². The molecule has 0 bridgehead atoms. The van der Waals surface area contributed by atoms with Gasteiger partial charge in [0, 0.05) is 12.2 Å². The molecule has 0 aliphatic carbocycles. The van der Waals surface area contributed by atoms with E-state index in [-0.39, 0.29) is 4.90 Å². The van der Waals surface area contributed by atoms with Crippen LogP contribution in [0.2, 0.25) is 0 Å². The van der Waals surface area contributed by atoms with Crippen molar-refractivity contribution >= 4 is 15.7 Å². The Bertz CT molecular complexity index is 493. The first-order chi connectivity index (χ1) is 7.51. The number of hydroxylamine groups is 1. The van der Waals surface area contributed by atoms with Gasteiger partial charge in [0.2, 0.25) is 0 Å². The van der Waals surface area contributed by atoms with Gasteiger partial charge < -0.3 is 5.73 Å². The first kappa shape index (κ1) is 11.4. The summed E-state index contributed by atoms with van der Waals surface area (Å²) in [7, 11) is -3.53. The average Bonchev–Trinajstić information content (AvgIpc) is 2.69. The van der Waals surface area contributed by atoms with Crippen molar-refractivity contribution in [2.75, 3.05) is 18.9 Å². The van der Waals surface area contributed by atoms with E-state index in [4.69, 9.17) is 10.6 Å². The Labute approximate surface area is 94.8 Å². The topological polar surface area (TPSA) is 72.6 Å². The maximum Gasteiger partial charge on any atom is 0.265 e. The smallest absolute Gasteiger partial charge is 0.265 e. The van der Waals surface area contributed by atoms with E-state index in [0.717, 1.165) is 10.9 Å². The molecule has 0 aromatic heterocycles. The molecule has 0 amide bonds. The third kappa shape index (κ3) is 1.91. The van der Waals surface area contributed by atoms with E-state index in [1.165, 1.54) is 6.07 Å². The maximum absolute atomic E-state index is 12.1. The molecule has 1 aliphatic rings. The third-order valence-electron chi connectivity index (χ3n) is 2.47. The summed E-state index contributed by atoms with van der Waals surface area (Å²) in [6, 6.07) is 4.74. The largest absolute Gasteiger partial charge is 0.399 e. The lowest BCUT2D eigenvalue weighted by Crippen LogP contribution is -2.27. The Morgan fingerprint density at radius 1 is 1.44 bits per heavy atom. The van der Waals surface area contributed by atoms with Crippen LogP contribution in [0.4, 0.5) is 5.69 Å². The predicted octanol–water partition coefficient (Wildman–Crippen LogP) is 0.903. The molecule has 2 rings (SSSR count). The summed E-state index contributed by atoms with van der Waals surface area (Å²) in [5.74, 6) is 0. The van der Waals surface area contributed by atoms with Gasteiger partial charge in [-0.15, -0.1) is 0 Å². The summed E-state index contributed by atoms with van der Waals surface area (Å²) >= 11 is 0. The monoisotopic (exact) mass is 242 g/mol. The average molecular weight is 242 g/mol. The van der Waals surface area contributed by atoms with Crippen LogP contribution in [-0.2, 0) is 14.9 Å². The van der Waals surface area contributed by atoms with Gasteiger partial charge in [-0.25, -0.2) is 8.42 Å². The van der Waals surface area contributed by atoms with E-state index in [9.17, 15) is 8.42 Å². The van der Waals surface area contributed by atoms with Crippen LogP contribution in [0.3, 0.4) is 0 Å². The van der Waals surface area contributed by atoms with Gasteiger partial charge in [-0.05, 0) is 37.1 Å². The molecule has 0 radical (unpaired) electrons. The van der Waals surface area contributed by atoms with Crippen molar-refractivity contribution in [2.45, 2.75) is 18.2 Å². The molecule has 1 aromatic carbocycles. The molecular weight excluding hydrogens is 228 g/mol. The number of hydrogen-bond donors (Lipinski definition) is 1. The molecular formula is C10H14N2O3S. The second-order valence-corrected chi connectivity index (χ2v) is 5.54. The summed E-state index contributed by atoms with van der Waals surface area (Å²) in [4.78, 5) is 5.32. The second kappa shape index (κ2) is 4.04. The zero-order chi connectivity index (χ0) is 11.8. The minimum absolute atomic E-state index is 0.253. The second-order valence-electron chi connectivity index (χ2n) is 3.74.